The molecule has 0 radical (unpaired) electrons. The number of rotatable bonds is 10. The second-order valence-corrected chi connectivity index (χ2v) is 11.6. The lowest BCUT2D eigenvalue weighted by molar-refractivity contribution is 0.134. The van der Waals surface area contributed by atoms with Crippen LogP contribution in [-0.2, 0) is 14.3 Å². The summed E-state index contributed by atoms with van der Waals surface area (Å²) in [4.78, 5) is 0.266. The minimum atomic E-state index is -3.62. The summed E-state index contributed by atoms with van der Waals surface area (Å²) < 4.78 is 30.0. The molecule has 2 saturated carbocycles. The summed E-state index contributed by atoms with van der Waals surface area (Å²) in [6, 6.07) is 6.90. The van der Waals surface area contributed by atoms with Crippen molar-refractivity contribution in [3.05, 3.63) is 29.8 Å². The highest BCUT2D eigenvalue weighted by atomic mass is 32.2. The van der Waals surface area contributed by atoms with Gasteiger partial charge in [-0.2, -0.15) is 8.42 Å². The molecular formula is C26H42O3S. The van der Waals surface area contributed by atoms with Gasteiger partial charge in [0, 0.05) is 0 Å². The van der Waals surface area contributed by atoms with Gasteiger partial charge in [-0.3, -0.25) is 4.18 Å². The maximum atomic E-state index is 12.3. The third-order valence-corrected chi connectivity index (χ3v) is 9.07. The number of unbranched alkanes of at least 4 members (excludes halogenated alkanes) is 2. The molecule has 0 aliphatic heterocycles. The predicted molar refractivity (Wildman–Crippen MR) is 124 cm³/mol. The van der Waals surface area contributed by atoms with Crippen LogP contribution in [0.15, 0.2) is 29.2 Å². The first kappa shape index (κ1) is 23.8. The molecule has 0 N–H and O–H groups in total. The van der Waals surface area contributed by atoms with Gasteiger partial charge in [0.05, 0.1) is 11.5 Å². The van der Waals surface area contributed by atoms with E-state index in [1.54, 1.807) is 12.1 Å². The summed E-state index contributed by atoms with van der Waals surface area (Å²) in [6.07, 6.45) is 17.5. The average molecular weight is 435 g/mol. The molecule has 0 amide bonds. The first-order valence-electron chi connectivity index (χ1n) is 12.4. The highest BCUT2D eigenvalue weighted by molar-refractivity contribution is 7.86. The first-order valence-corrected chi connectivity index (χ1v) is 13.8. The monoisotopic (exact) mass is 434 g/mol. The van der Waals surface area contributed by atoms with Crippen molar-refractivity contribution in [3.63, 3.8) is 0 Å². The van der Waals surface area contributed by atoms with Crippen molar-refractivity contribution in [2.24, 2.45) is 23.7 Å². The highest BCUT2D eigenvalue weighted by Gasteiger charge is 2.30. The summed E-state index contributed by atoms with van der Waals surface area (Å²) in [7, 11) is -3.62. The molecule has 3 rings (SSSR count). The van der Waals surface area contributed by atoms with Crippen molar-refractivity contribution >= 4 is 10.1 Å². The fraction of sp³-hybridized carbons (Fsp3) is 0.769. The van der Waals surface area contributed by atoms with E-state index in [0.717, 1.165) is 29.7 Å². The lowest BCUT2D eigenvalue weighted by atomic mass is 9.68. The van der Waals surface area contributed by atoms with E-state index in [2.05, 4.69) is 6.92 Å². The third-order valence-electron chi connectivity index (χ3n) is 7.74. The van der Waals surface area contributed by atoms with Gasteiger partial charge in [0.2, 0.25) is 0 Å². The Hall–Kier alpha value is -0.870. The van der Waals surface area contributed by atoms with Crippen LogP contribution in [0.4, 0.5) is 0 Å². The van der Waals surface area contributed by atoms with Crippen LogP contribution in [0.1, 0.15) is 96.0 Å². The molecule has 30 heavy (non-hydrogen) atoms. The van der Waals surface area contributed by atoms with Gasteiger partial charge in [0.1, 0.15) is 0 Å². The van der Waals surface area contributed by atoms with Gasteiger partial charge in [0.25, 0.3) is 10.1 Å². The van der Waals surface area contributed by atoms with Crippen molar-refractivity contribution in [3.8, 4) is 0 Å². The molecule has 3 nitrogen and oxygen atoms in total. The Kier molecular flexibility index (Phi) is 9.25. The molecule has 0 spiro atoms. The van der Waals surface area contributed by atoms with Gasteiger partial charge >= 0.3 is 0 Å². The zero-order chi connectivity index (χ0) is 21.4. The van der Waals surface area contributed by atoms with Crippen LogP contribution >= 0.6 is 0 Å². The molecule has 1 aromatic rings. The van der Waals surface area contributed by atoms with Crippen molar-refractivity contribution < 1.29 is 12.6 Å². The van der Waals surface area contributed by atoms with Crippen LogP contribution < -0.4 is 0 Å². The van der Waals surface area contributed by atoms with Crippen LogP contribution in [0.5, 0.6) is 0 Å². The SMILES string of the molecule is CCCCCC1CCC(C2CCC(CCOS(=O)(=O)c3ccc(C)cc3)CC2)CC1. The van der Waals surface area contributed by atoms with Gasteiger partial charge in [-0.05, 0) is 74.8 Å². The van der Waals surface area contributed by atoms with Crippen LogP contribution in [0.25, 0.3) is 0 Å². The Bertz CT molecular complexity index is 709. The molecule has 2 aliphatic rings. The van der Waals surface area contributed by atoms with E-state index in [-0.39, 0.29) is 4.90 Å². The topological polar surface area (TPSA) is 43.4 Å². The Morgan fingerprint density at radius 2 is 1.33 bits per heavy atom. The minimum Gasteiger partial charge on any atom is -0.266 e. The van der Waals surface area contributed by atoms with E-state index in [4.69, 9.17) is 4.18 Å². The van der Waals surface area contributed by atoms with Gasteiger partial charge in [-0.15, -0.1) is 0 Å². The number of aryl methyl sites for hydroxylation is 1. The highest BCUT2D eigenvalue weighted by Crippen LogP contribution is 2.42. The van der Waals surface area contributed by atoms with Crippen molar-refractivity contribution in [1.82, 2.24) is 0 Å². The van der Waals surface area contributed by atoms with Crippen molar-refractivity contribution in [2.45, 2.75) is 102 Å². The zero-order valence-corrected chi connectivity index (χ0v) is 20.0. The van der Waals surface area contributed by atoms with Crippen molar-refractivity contribution in [1.29, 1.82) is 0 Å². The van der Waals surface area contributed by atoms with E-state index in [1.165, 1.54) is 77.0 Å². The summed E-state index contributed by atoms with van der Waals surface area (Å²) in [5, 5.41) is 0. The lowest BCUT2D eigenvalue weighted by Crippen LogP contribution is -2.26. The van der Waals surface area contributed by atoms with Gasteiger partial charge in [0.15, 0.2) is 0 Å². The predicted octanol–water partition coefficient (Wildman–Crippen LogP) is 7.28. The molecule has 2 aliphatic carbocycles. The fourth-order valence-electron chi connectivity index (χ4n) is 5.68. The smallest absolute Gasteiger partial charge is 0.266 e. The quantitative estimate of drug-likeness (QED) is 0.287. The summed E-state index contributed by atoms with van der Waals surface area (Å²) in [5.41, 5.74) is 1.05. The number of hydrogen-bond donors (Lipinski definition) is 0. The Morgan fingerprint density at radius 1 is 0.800 bits per heavy atom. The van der Waals surface area contributed by atoms with E-state index in [1.807, 2.05) is 19.1 Å². The van der Waals surface area contributed by atoms with E-state index >= 15 is 0 Å². The molecule has 170 valence electrons. The number of benzene rings is 1. The molecular weight excluding hydrogens is 392 g/mol. The minimum absolute atomic E-state index is 0.266. The summed E-state index contributed by atoms with van der Waals surface area (Å²) in [6.45, 7) is 4.56. The van der Waals surface area contributed by atoms with E-state index in [0.29, 0.717) is 12.5 Å². The largest absolute Gasteiger partial charge is 0.296 e. The maximum absolute atomic E-state index is 12.3. The molecule has 0 unspecified atom stereocenters. The standard InChI is InChI=1S/C26H42O3S/c1-3-4-5-6-22-9-13-24(14-10-22)25-15-11-23(12-16-25)19-20-29-30(27,28)26-17-7-21(2)8-18-26/h7-8,17-18,22-25H,3-6,9-16,19-20H2,1-2H3. The molecule has 1 aromatic carbocycles. The van der Waals surface area contributed by atoms with Crippen LogP contribution in [-0.4, -0.2) is 15.0 Å². The Labute approximate surface area is 185 Å². The second-order valence-electron chi connectivity index (χ2n) is 9.94. The summed E-state index contributed by atoms with van der Waals surface area (Å²) >= 11 is 0. The van der Waals surface area contributed by atoms with E-state index in [9.17, 15) is 8.42 Å². The molecule has 4 heteroatoms. The molecule has 0 aromatic heterocycles. The van der Waals surface area contributed by atoms with Gasteiger partial charge in [-0.25, -0.2) is 0 Å². The fourth-order valence-corrected chi connectivity index (χ4v) is 6.60. The Morgan fingerprint density at radius 3 is 1.87 bits per heavy atom. The van der Waals surface area contributed by atoms with Crippen LogP contribution in [0.3, 0.4) is 0 Å². The van der Waals surface area contributed by atoms with Gasteiger partial charge < -0.3 is 0 Å². The second kappa shape index (κ2) is 11.7. The average Bonchev–Trinajstić information content (AvgIpc) is 2.75. The van der Waals surface area contributed by atoms with Crippen LogP contribution in [0.2, 0.25) is 0 Å². The van der Waals surface area contributed by atoms with Crippen molar-refractivity contribution in [2.75, 3.05) is 6.61 Å². The van der Waals surface area contributed by atoms with Gasteiger partial charge in [-0.1, -0.05) is 76.0 Å². The maximum Gasteiger partial charge on any atom is 0.296 e. The summed E-state index contributed by atoms with van der Waals surface area (Å²) in [5.74, 6) is 3.48. The third kappa shape index (κ3) is 7.09. The normalized spacial score (nSPS) is 27.8. The molecule has 0 bridgehead atoms. The van der Waals surface area contributed by atoms with Crippen LogP contribution in [0, 0.1) is 30.6 Å². The molecule has 0 atom stereocenters. The molecule has 0 heterocycles. The first-order chi connectivity index (χ1) is 14.5. The number of hydrogen-bond acceptors (Lipinski definition) is 3. The van der Waals surface area contributed by atoms with E-state index < -0.39 is 10.1 Å². The molecule has 0 saturated heterocycles. The zero-order valence-electron chi connectivity index (χ0n) is 19.2. The Balaban J connectivity index is 1.33. The molecule has 2 fully saturated rings. The lowest BCUT2D eigenvalue weighted by Gasteiger charge is -2.38.